The monoisotopic (exact) mass is 273 g/mol. The van der Waals surface area contributed by atoms with Crippen LogP contribution in [0.15, 0.2) is 18.2 Å². The van der Waals surface area contributed by atoms with Crippen molar-refractivity contribution in [2.24, 2.45) is 11.7 Å². The molecule has 0 fully saturated rings. The molecule has 20 heavy (non-hydrogen) atoms. The lowest BCUT2D eigenvalue weighted by atomic mass is 10.0. The molecule has 2 unspecified atom stereocenters. The number of aromatic nitrogens is 1. The zero-order valence-corrected chi connectivity index (χ0v) is 12.6. The van der Waals surface area contributed by atoms with Crippen molar-refractivity contribution in [3.8, 4) is 0 Å². The Morgan fingerprint density at radius 2 is 2.05 bits per heavy atom. The first-order chi connectivity index (χ1) is 9.40. The van der Waals surface area contributed by atoms with Gasteiger partial charge in [0.15, 0.2) is 0 Å². The SMILES string of the molecule is Cc1[nH]c2ccc(CNC(=O)C(C)C(C)N)cc2c1C. The van der Waals surface area contributed by atoms with Crippen LogP contribution < -0.4 is 11.1 Å². The van der Waals surface area contributed by atoms with E-state index in [1.165, 1.54) is 16.6 Å². The van der Waals surface area contributed by atoms with E-state index >= 15 is 0 Å². The minimum absolute atomic E-state index is 0.00191. The molecule has 0 saturated carbocycles. The quantitative estimate of drug-likeness (QED) is 0.800. The Morgan fingerprint density at radius 1 is 1.35 bits per heavy atom. The molecule has 4 heteroatoms. The molecule has 0 bridgehead atoms. The molecule has 0 saturated heterocycles. The van der Waals surface area contributed by atoms with Crippen LogP contribution in [0.3, 0.4) is 0 Å². The third-order valence-electron chi connectivity index (χ3n) is 4.04. The van der Waals surface area contributed by atoms with Gasteiger partial charge in [0.1, 0.15) is 0 Å². The lowest BCUT2D eigenvalue weighted by molar-refractivity contribution is -0.125. The second kappa shape index (κ2) is 5.67. The van der Waals surface area contributed by atoms with Crippen LogP contribution in [0.25, 0.3) is 10.9 Å². The number of aromatic amines is 1. The molecule has 0 aliphatic carbocycles. The van der Waals surface area contributed by atoms with Crippen LogP contribution in [0.2, 0.25) is 0 Å². The Hall–Kier alpha value is -1.81. The number of fused-ring (bicyclic) bond motifs is 1. The van der Waals surface area contributed by atoms with Crippen LogP contribution in [0.4, 0.5) is 0 Å². The number of carbonyl (C=O) groups excluding carboxylic acids is 1. The summed E-state index contributed by atoms with van der Waals surface area (Å²) in [5.41, 5.74) is 10.4. The number of hydrogen-bond acceptors (Lipinski definition) is 2. The van der Waals surface area contributed by atoms with Crippen molar-refractivity contribution in [2.45, 2.75) is 40.3 Å². The van der Waals surface area contributed by atoms with Crippen molar-refractivity contribution in [1.29, 1.82) is 0 Å². The highest BCUT2D eigenvalue weighted by molar-refractivity contribution is 5.85. The summed E-state index contributed by atoms with van der Waals surface area (Å²) in [5, 5.41) is 4.16. The maximum atomic E-state index is 11.9. The largest absolute Gasteiger partial charge is 0.358 e. The molecule has 4 nitrogen and oxygen atoms in total. The lowest BCUT2D eigenvalue weighted by Gasteiger charge is -2.15. The summed E-state index contributed by atoms with van der Waals surface area (Å²) in [6.45, 7) is 8.41. The van der Waals surface area contributed by atoms with Gasteiger partial charge in [-0.15, -0.1) is 0 Å². The van der Waals surface area contributed by atoms with Gasteiger partial charge in [0.05, 0.1) is 0 Å². The molecule has 2 aromatic rings. The van der Waals surface area contributed by atoms with Crippen LogP contribution in [-0.4, -0.2) is 16.9 Å². The van der Waals surface area contributed by atoms with Crippen molar-refractivity contribution in [3.05, 3.63) is 35.0 Å². The molecule has 1 aromatic carbocycles. The molecular formula is C16H23N3O. The van der Waals surface area contributed by atoms with E-state index in [4.69, 9.17) is 5.73 Å². The summed E-state index contributed by atoms with van der Waals surface area (Å²) in [4.78, 5) is 15.2. The fourth-order valence-corrected chi connectivity index (χ4v) is 2.21. The van der Waals surface area contributed by atoms with E-state index in [9.17, 15) is 4.79 Å². The zero-order chi connectivity index (χ0) is 14.9. The molecular weight excluding hydrogens is 250 g/mol. The van der Waals surface area contributed by atoms with Crippen molar-refractivity contribution in [3.63, 3.8) is 0 Å². The number of hydrogen-bond donors (Lipinski definition) is 3. The summed E-state index contributed by atoms with van der Waals surface area (Å²) in [6, 6.07) is 6.10. The number of rotatable bonds is 4. The van der Waals surface area contributed by atoms with Crippen LogP contribution in [-0.2, 0) is 11.3 Å². The molecule has 1 heterocycles. The minimum Gasteiger partial charge on any atom is -0.358 e. The topological polar surface area (TPSA) is 70.9 Å². The normalized spacial score (nSPS) is 14.2. The molecule has 2 atom stereocenters. The molecule has 1 aromatic heterocycles. The third kappa shape index (κ3) is 2.85. The highest BCUT2D eigenvalue weighted by Crippen LogP contribution is 2.22. The van der Waals surface area contributed by atoms with E-state index in [-0.39, 0.29) is 17.9 Å². The highest BCUT2D eigenvalue weighted by atomic mass is 16.1. The van der Waals surface area contributed by atoms with Crippen molar-refractivity contribution < 1.29 is 4.79 Å². The zero-order valence-electron chi connectivity index (χ0n) is 12.6. The summed E-state index contributed by atoms with van der Waals surface area (Å²) in [7, 11) is 0. The predicted molar refractivity (Wildman–Crippen MR) is 82.4 cm³/mol. The van der Waals surface area contributed by atoms with Gasteiger partial charge in [0.25, 0.3) is 0 Å². The summed E-state index contributed by atoms with van der Waals surface area (Å²) < 4.78 is 0. The Bertz CT molecular complexity index is 628. The number of amides is 1. The van der Waals surface area contributed by atoms with E-state index in [0.717, 1.165) is 11.1 Å². The third-order valence-corrected chi connectivity index (χ3v) is 4.04. The Kier molecular flexibility index (Phi) is 4.14. The summed E-state index contributed by atoms with van der Waals surface area (Å²) in [6.07, 6.45) is 0. The first-order valence-electron chi connectivity index (χ1n) is 7.01. The second-order valence-corrected chi connectivity index (χ2v) is 5.62. The second-order valence-electron chi connectivity index (χ2n) is 5.62. The van der Waals surface area contributed by atoms with E-state index < -0.39 is 0 Å². The summed E-state index contributed by atoms with van der Waals surface area (Å²) in [5.74, 6) is -0.169. The number of nitrogens with two attached hydrogens (primary N) is 1. The number of nitrogens with one attached hydrogen (secondary N) is 2. The van der Waals surface area contributed by atoms with Gasteiger partial charge >= 0.3 is 0 Å². The molecule has 4 N–H and O–H groups in total. The van der Waals surface area contributed by atoms with Crippen molar-refractivity contribution >= 4 is 16.8 Å². The summed E-state index contributed by atoms with van der Waals surface area (Å²) >= 11 is 0. The molecule has 1 amide bonds. The predicted octanol–water partition coefficient (Wildman–Crippen LogP) is 2.38. The molecule has 2 rings (SSSR count). The van der Waals surface area contributed by atoms with Gasteiger partial charge in [-0.25, -0.2) is 0 Å². The van der Waals surface area contributed by atoms with Crippen LogP contribution in [0, 0.1) is 19.8 Å². The molecule has 0 aliphatic rings. The maximum Gasteiger partial charge on any atom is 0.224 e. The molecule has 108 valence electrons. The molecule has 0 aliphatic heterocycles. The fraction of sp³-hybridized carbons (Fsp3) is 0.438. The number of aryl methyl sites for hydroxylation is 2. The van der Waals surface area contributed by atoms with E-state index in [1.807, 2.05) is 19.9 Å². The van der Waals surface area contributed by atoms with E-state index in [2.05, 4.69) is 36.3 Å². The van der Waals surface area contributed by atoms with E-state index in [0.29, 0.717) is 6.54 Å². The molecule has 0 radical (unpaired) electrons. The van der Waals surface area contributed by atoms with Crippen LogP contribution in [0.1, 0.15) is 30.7 Å². The van der Waals surface area contributed by atoms with Gasteiger partial charge in [0, 0.05) is 35.1 Å². The Labute approximate surface area is 119 Å². The first-order valence-corrected chi connectivity index (χ1v) is 7.01. The van der Waals surface area contributed by atoms with Gasteiger partial charge in [-0.2, -0.15) is 0 Å². The average Bonchev–Trinajstić information content (AvgIpc) is 2.70. The first kappa shape index (κ1) is 14.6. The fourth-order valence-electron chi connectivity index (χ4n) is 2.21. The Morgan fingerprint density at radius 3 is 2.70 bits per heavy atom. The average molecular weight is 273 g/mol. The highest BCUT2D eigenvalue weighted by Gasteiger charge is 2.16. The Balaban J connectivity index is 2.11. The standard InChI is InChI=1S/C16H23N3O/c1-9(11(3)17)16(20)18-8-13-5-6-15-14(7-13)10(2)12(4)19-15/h5-7,9,11,19H,8,17H2,1-4H3,(H,18,20). The number of benzene rings is 1. The lowest BCUT2D eigenvalue weighted by Crippen LogP contribution is -2.38. The number of H-pyrrole nitrogens is 1. The minimum atomic E-state index is -0.171. The smallest absolute Gasteiger partial charge is 0.224 e. The van der Waals surface area contributed by atoms with Crippen molar-refractivity contribution in [1.82, 2.24) is 10.3 Å². The molecule has 0 spiro atoms. The van der Waals surface area contributed by atoms with Gasteiger partial charge < -0.3 is 16.0 Å². The van der Waals surface area contributed by atoms with E-state index in [1.54, 1.807) is 0 Å². The van der Waals surface area contributed by atoms with Crippen molar-refractivity contribution in [2.75, 3.05) is 0 Å². The number of carbonyl (C=O) groups is 1. The van der Waals surface area contributed by atoms with Gasteiger partial charge in [-0.3, -0.25) is 4.79 Å². The van der Waals surface area contributed by atoms with Crippen LogP contribution in [0.5, 0.6) is 0 Å². The maximum absolute atomic E-state index is 11.9. The van der Waals surface area contributed by atoms with Gasteiger partial charge in [-0.1, -0.05) is 13.0 Å². The van der Waals surface area contributed by atoms with Crippen LogP contribution >= 0.6 is 0 Å². The van der Waals surface area contributed by atoms with Gasteiger partial charge in [0.2, 0.25) is 5.91 Å². The van der Waals surface area contributed by atoms with Gasteiger partial charge in [-0.05, 0) is 44.0 Å².